The van der Waals surface area contributed by atoms with Crippen LogP contribution < -0.4 is 11.1 Å². The highest BCUT2D eigenvalue weighted by molar-refractivity contribution is 5.91. The Morgan fingerprint density at radius 2 is 1.62 bits per heavy atom. The molecule has 14 nitrogen and oxygen atoms in total. The van der Waals surface area contributed by atoms with Crippen molar-refractivity contribution in [2.45, 2.75) is 123 Å². The van der Waals surface area contributed by atoms with E-state index in [1.165, 1.54) is 23.8 Å². The first kappa shape index (κ1) is 46.2. The Balaban J connectivity index is 0.000000362. The molecule has 4 aliphatic rings. The topological polar surface area (TPSA) is 147 Å². The van der Waals surface area contributed by atoms with Gasteiger partial charge in [0.25, 0.3) is 5.91 Å². The van der Waals surface area contributed by atoms with Crippen LogP contribution in [0.5, 0.6) is 0 Å². The Kier molecular flexibility index (Phi) is 16.6. The van der Waals surface area contributed by atoms with Gasteiger partial charge in [-0.05, 0) is 107 Å². The minimum Gasteiger partial charge on any atom is -0.465 e. The number of likely N-dealkylation sites (tertiary alicyclic amines) is 3. The molecule has 4 amide bonds. The van der Waals surface area contributed by atoms with Crippen LogP contribution in [0.4, 0.5) is 15.3 Å². The van der Waals surface area contributed by atoms with E-state index in [0.29, 0.717) is 69.2 Å². The van der Waals surface area contributed by atoms with Crippen LogP contribution in [0.2, 0.25) is 0 Å². The highest BCUT2D eigenvalue weighted by Gasteiger charge is 2.36. The second-order valence-corrected chi connectivity index (χ2v) is 16.9. The molecule has 5 heterocycles. The Labute approximate surface area is 355 Å². The molecule has 0 saturated carbocycles. The number of hydrogen-bond donors (Lipinski definition) is 1. The van der Waals surface area contributed by atoms with Gasteiger partial charge in [0.15, 0.2) is 11.7 Å². The van der Waals surface area contributed by atoms with Gasteiger partial charge in [0.1, 0.15) is 6.04 Å². The first-order valence-corrected chi connectivity index (χ1v) is 21.8. The number of likely N-dealkylation sites (N-methyl/N-ethyl adjacent to an activating group) is 1. The molecule has 2 aromatic carbocycles. The number of fused-ring (bicyclic) bond motifs is 2. The van der Waals surface area contributed by atoms with Gasteiger partial charge in [0, 0.05) is 57.9 Å². The monoisotopic (exact) mass is 833 g/mol. The van der Waals surface area contributed by atoms with Crippen molar-refractivity contribution in [3.63, 3.8) is 0 Å². The molecular formula is C46H68N6O8. The third kappa shape index (κ3) is 11.5. The summed E-state index contributed by atoms with van der Waals surface area (Å²) in [6.45, 7) is 10.6. The lowest BCUT2D eigenvalue weighted by Gasteiger charge is -2.38. The van der Waals surface area contributed by atoms with E-state index in [1.807, 2.05) is 49.2 Å². The summed E-state index contributed by atoms with van der Waals surface area (Å²) in [5, 5.41) is 3.03. The number of benzene rings is 2. The number of rotatable bonds is 11. The number of nitrogens with one attached hydrogen (secondary N) is 1. The summed E-state index contributed by atoms with van der Waals surface area (Å²) in [7, 11) is 3.66. The molecule has 14 heteroatoms. The lowest BCUT2D eigenvalue weighted by Crippen LogP contribution is -2.51. The van der Waals surface area contributed by atoms with E-state index in [0.717, 1.165) is 67.4 Å². The molecule has 3 saturated heterocycles. The number of aryl methyl sites for hydroxylation is 2. The van der Waals surface area contributed by atoms with Crippen LogP contribution in [0.1, 0.15) is 102 Å². The van der Waals surface area contributed by atoms with Crippen molar-refractivity contribution in [3.8, 4) is 0 Å². The molecule has 1 N–H and O–H groups in total. The quantitative estimate of drug-likeness (QED) is 0.157. The number of anilines is 1. The second kappa shape index (κ2) is 21.6. The third-order valence-corrected chi connectivity index (χ3v) is 12.5. The van der Waals surface area contributed by atoms with Gasteiger partial charge in [0.2, 0.25) is 0 Å². The van der Waals surface area contributed by atoms with E-state index in [9.17, 15) is 24.0 Å². The smallest absolute Gasteiger partial charge is 0.419 e. The van der Waals surface area contributed by atoms with E-state index < -0.39 is 18.0 Å². The first-order chi connectivity index (χ1) is 28.4. The zero-order valence-electron chi connectivity index (χ0n) is 35.7. The van der Waals surface area contributed by atoms with E-state index in [4.69, 9.17) is 13.9 Å². The zero-order chi connectivity index (χ0) is 42.1. The van der Waals surface area contributed by atoms with Gasteiger partial charge >= 0.3 is 23.8 Å². The van der Waals surface area contributed by atoms with Crippen LogP contribution in [0.3, 0.4) is 0 Å². The number of esters is 1. The number of piperidine rings is 2. The number of ether oxygens (including phenoxy) is 2. The number of urea groups is 1. The van der Waals surface area contributed by atoms with Gasteiger partial charge in [-0.1, -0.05) is 64.8 Å². The van der Waals surface area contributed by atoms with Crippen molar-refractivity contribution in [1.82, 2.24) is 24.2 Å². The SMILES string of the molecule is C.CCCCCCOC(=O)[C@@H]1CCCN1C.Cc1cc(C[C@@H](OC(=O)N2CCC(N3CCc4ccccc4NC3=O)CC2)C(=O)N2CCC(C)CC2)cc2oc(=O)n(C)c12. The normalized spacial score (nSPS) is 19.4. The number of nitrogens with zero attached hydrogens (tertiary/aromatic N) is 5. The molecule has 0 radical (unpaired) electrons. The maximum Gasteiger partial charge on any atom is 0.419 e. The predicted molar refractivity (Wildman–Crippen MR) is 233 cm³/mol. The third-order valence-electron chi connectivity index (χ3n) is 12.5. The van der Waals surface area contributed by atoms with Crippen LogP contribution in [0, 0.1) is 12.8 Å². The van der Waals surface area contributed by atoms with E-state index >= 15 is 0 Å². The summed E-state index contributed by atoms with van der Waals surface area (Å²) in [5.41, 5.74) is 4.72. The number of oxazole rings is 1. The second-order valence-electron chi connectivity index (χ2n) is 16.9. The molecule has 4 aliphatic heterocycles. The fourth-order valence-corrected chi connectivity index (χ4v) is 8.82. The fourth-order valence-electron chi connectivity index (χ4n) is 8.82. The van der Waals surface area contributed by atoms with Crippen LogP contribution in [-0.4, -0.2) is 119 Å². The van der Waals surface area contributed by atoms with Crippen molar-refractivity contribution in [2.75, 3.05) is 58.2 Å². The maximum atomic E-state index is 13.8. The number of unbranched alkanes of at least 4 members (excludes halogenated alkanes) is 3. The number of amides is 4. The van der Waals surface area contributed by atoms with Gasteiger partial charge < -0.3 is 33.9 Å². The number of para-hydroxylation sites is 1. The minimum absolute atomic E-state index is 0. The Hall–Kier alpha value is -4.85. The van der Waals surface area contributed by atoms with Crippen molar-refractivity contribution >= 4 is 40.8 Å². The molecule has 0 spiro atoms. The molecular weight excluding hydrogens is 765 g/mol. The minimum atomic E-state index is -1.00. The van der Waals surface area contributed by atoms with E-state index in [2.05, 4.69) is 24.1 Å². The van der Waals surface area contributed by atoms with Crippen LogP contribution in [0.25, 0.3) is 11.1 Å². The molecule has 330 valence electrons. The fraction of sp³-hybridized carbons (Fsp3) is 0.630. The van der Waals surface area contributed by atoms with Crippen LogP contribution in [-0.2, 0) is 39.0 Å². The van der Waals surface area contributed by atoms with Crippen molar-refractivity contribution < 1.29 is 33.1 Å². The Bertz CT molecular complexity index is 1980. The standard InChI is InChI=1S/C33H41N5O6.C12H23NO2.CH4/c1-21-8-13-36(14-9-21)30(39)28(20-23-18-22(2)29-27(19-23)43-32(41)35(29)3)44-33(42)37-15-11-25(12-16-37)38-17-10-24-6-4-5-7-26(24)34-31(38)40;1-3-4-5-6-10-15-12(14)11-8-7-9-13(11)2;/h4-7,18-19,21,25,28H,8-17,20H2,1-3H3,(H,34,40);11H,3-10H2,1-2H3;1H4/t28-;11-;/m10./s1. The molecule has 3 fully saturated rings. The predicted octanol–water partition coefficient (Wildman–Crippen LogP) is 7.14. The lowest BCUT2D eigenvalue weighted by atomic mass is 9.98. The molecule has 1 aromatic heterocycles. The van der Waals surface area contributed by atoms with Gasteiger partial charge in [-0.25, -0.2) is 14.4 Å². The van der Waals surface area contributed by atoms with E-state index in [-0.39, 0.29) is 43.8 Å². The summed E-state index contributed by atoms with van der Waals surface area (Å²) in [5.74, 6) is -0.125. The van der Waals surface area contributed by atoms with Crippen molar-refractivity contribution in [1.29, 1.82) is 0 Å². The highest BCUT2D eigenvalue weighted by atomic mass is 16.6. The van der Waals surface area contributed by atoms with Gasteiger partial charge in [-0.2, -0.15) is 0 Å². The summed E-state index contributed by atoms with van der Waals surface area (Å²) in [6.07, 6.45) is 9.22. The summed E-state index contributed by atoms with van der Waals surface area (Å²) < 4.78 is 18.1. The average molecular weight is 833 g/mol. The summed E-state index contributed by atoms with van der Waals surface area (Å²) in [4.78, 5) is 71.4. The molecule has 7 rings (SSSR count). The average Bonchev–Trinajstić information content (AvgIpc) is 3.73. The van der Waals surface area contributed by atoms with Crippen molar-refractivity contribution in [2.24, 2.45) is 13.0 Å². The molecule has 3 aromatic rings. The number of aromatic nitrogens is 1. The van der Waals surface area contributed by atoms with Gasteiger partial charge in [-0.3, -0.25) is 19.1 Å². The lowest BCUT2D eigenvalue weighted by molar-refractivity contribution is -0.148. The highest BCUT2D eigenvalue weighted by Crippen LogP contribution is 2.27. The first-order valence-electron chi connectivity index (χ1n) is 21.8. The largest absolute Gasteiger partial charge is 0.465 e. The molecule has 0 aliphatic carbocycles. The summed E-state index contributed by atoms with van der Waals surface area (Å²) >= 11 is 0. The van der Waals surface area contributed by atoms with Crippen molar-refractivity contribution in [3.05, 3.63) is 63.6 Å². The maximum absolute atomic E-state index is 13.8. The molecule has 0 bridgehead atoms. The molecule has 60 heavy (non-hydrogen) atoms. The molecule has 0 unspecified atom stereocenters. The van der Waals surface area contributed by atoms with Crippen LogP contribution >= 0.6 is 0 Å². The zero-order valence-corrected chi connectivity index (χ0v) is 35.7. The van der Waals surface area contributed by atoms with Gasteiger partial charge in [-0.15, -0.1) is 0 Å². The summed E-state index contributed by atoms with van der Waals surface area (Å²) in [6, 6.07) is 11.5. The van der Waals surface area contributed by atoms with E-state index in [1.54, 1.807) is 22.9 Å². The van der Waals surface area contributed by atoms with Crippen LogP contribution in [0.15, 0.2) is 45.6 Å². The number of carbonyl (C=O) groups excluding carboxylic acids is 4. The Morgan fingerprint density at radius 1 is 0.900 bits per heavy atom. The number of carbonyl (C=O) groups is 4. The number of hydrogen-bond acceptors (Lipinski definition) is 9. The molecule has 2 atom stereocenters. The van der Waals surface area contributed by atoms with Gasteiger partial charge in [0.05, 0.1) is 12.1 Å². The Morgan fingerprint density at radius 3 is 2.32 bits per heavy atom.